The van der Waals surface area contributed by atoms with Gasteiger partial charge >= 0.3 is 0 Å². The third kappa shape index (κ3) is 3.31. The van der Waals surface area contributed by atoms with E-state index >= 15 is 0 Å². The molecule has 1 aliphatic rings. The first-order chi connectivity index (χ1) is 13.1. The van der Waals surface area contributed by atoms with E-state index in [1.54, 1.807) is 11.9 Å². The maximum atomic E-state index is 13.2. The number of amides is 2. The highest BCUT2D eigenvalue weighted by Gasteiger charge is 2.38. The van der Waals surface area contributed by atoms with Crippen LogP contribution in [-0.4, -0.2) is 23.8 Å². The Kier molecular flexibility index (Phi) is 4.63. The van der Waals surface area contributed by atoms with Crippen LogP contribution in [0.25, 0.3) is 10.8 Å². The average molecular weight is 358 g/mol. The van der Waals surface area contributed by atoms with Crippen LogP contribution in [0.2, 0.25) is 0 Å². The molecule has 0 saturated carbocycles. The van der Waals surface area contributed by atoms with Gasteiger partial charge in [-0.05, 0) is 23.4 Å². The second kappa shape index (κ2) is 7.23. The van der Waals surface area contributed by atoms with E-state index in [0.717, 1.165) is 22.0 Å². The van der Waals surface area contributed by atoms with Crippen LogP contribution in [0.1, 0.15) is 24.4 Å². The van der Waals surface area contributed by atoms with Crippen molar-refractivity contribution in [3.05, 3.63) is 78.4 Å². The van der Waals surface area contributed by atoms with Gasteiger partial charge in [-0.25, -0.2) is 0 Å². The lowest BCUT2D eigenvalue weighted by Gasteiger charge is -2.38. The summed E-state index contributed by atoms with van der Waals surface area (Å²) in [5.41, 5.74) is 1.80. The predicted molar refractivity (Wildman–Crippen MR) is 107 cm³/mol. The lowest BCUT2D eigenvalue weighted by molar-refractivity contribution is -0.140. The number of benzene rings is 3. The van der Waals surface area contributed by atoms with E-state index in [4.69, 9.17) is 0 Å². The molecule has 0 bridgehead atoms. The van der Waals surface area contributed by atoms with E-state index in [-0.39, 0.29) is 23.8 Å². The molecule has 4 heteroatoms. The summed E-state index contributed by atoms with van der Waals surface area (Å²) >= 11 is 0. The Bertz CT molecular complexity index is 979. The van der Waals surface area contributed by atoms with Crippen molar-refractivity contribution in [2.24, 2.45) is 5.92 Å². The standard InChI is InChI=1S/C23H22N2O2/c1-25-21(26)15-14-19(22(25)17-9-3-2-4-10-17)23(27)24-20-13-7-11-16-8-5-6-12-18(16)20/h2-13,19,22H,14-15H2,1H3,(H,24,27). The highest BCUT2D eigenvalue weighted by molar-refractivity contribution is 6.03. The maximum absolute atomic E-state index is 13.2. The Balaban J connectivity index is 1.66. The number of carbonyl (C=O) groups is 2. The summed E-state index contributed by atoms with van der Waals surface area (Å²) in [5, 5.41) is 5.22. The molecule has 2 unspecified atom stereocenters. The van der Waals surface area contributed by atoms with Crippen LogP contribution in [-0.2, 0) is 9.59 Å². The summed E-state index contributed by atoms with van der Waals surface area (Å²) in [5.74, 6) is -0.244. The smallest absolute Gasteiger partial charge is 0.229 e. The summed E-state index contributed by atoms with van der Waals surface area (Å²) in [6.07, 6.45) is 0.951. The van der Waals surface area contributed by atoms with Gasteiger partial charge in [0.15, 0.2) is 0 Å². The molecular formula is C23H22N2O2. The molecule has 0 spiro atoms. The van der Waals surface area contributed by atoms with Crippen LogP contribution in [0.4, 0.5) is 5.69 Å². The van der Waals surface area contributed by atoms with Crippen molar-refractivity contribution in [2.75, 3.05) is 12.4 Å². The number of nitrogens with one attached hydrogen (secondary N) is 1. The fraction of sp³-hybridized carbons (Fsp3) is 0.217. The molecule has 1 fully saturated rings. The van der Waals surface area contributed by atoms with E-state index in [1.165, 1.54) is 0 Å². The number of anilines is 1. The van der Waals surface area contributed by atoms with E-state index in [9.17, 15) is 9.59 Å². The minimum atomic E-state index is -0.283. The fourth-order valence-electron chi connectivity index (χ4n) is 3.98. The number of rotatable bonds is 3. The Morgan fingerprint density at radius 1 is 0.963 bits per heavy atom. The largest absolute Gasteiger partial charge is 0.338 e. The number of fused-ring (bicyclic) bond motifs is 1. The molecular weight excluding hydrogens is 336 g/mol. The Hall–Kier alpha value is -3.14. The minimum absolute atomic E-state index is 0.0421. The third-order valence-corrected chi connectivity index (χ3v) is 5.39. The molecule has 4 rings (SSSR count). The molecule has 2 amide bonds. The molecule has 3 aromatic rings. The normalized spacial score (nSPS) is 19.9. The Morgan fingerprint density at radius 2 is 1.67 bits per heavy atom. The van der Waals surface area contributed by atoms with Crippen LogP contribution >= 0.6 is 0 Å². The van der Waals surface area contributed by atoms with Gasteiger partial charge in [0.05, 0.1) is 12.0 Å². The lowest BCUT2D eigenvalue weighted by Crippen LogP contribution is -2.44. The van der Waals surface area contributed by atoms with E-state index in [2.05, 4.69) is 5.32 Å². The Labute approximate surface area is 158 Å². The number of nitrogens with zero attached hydrogens (tertiary/aromatic N) is 1. The van der Waals surface area contributed by atoms with Crippen LogP contribution in [0.3, 0.4) is 0 Å². The Morgan fingerprint density at radius 3 is 2.48 bits per heavy atom. The predicted octanol–water partition coefficient (Wildman–Crippen LogP) is 4.39. The van der Waals surface area contributed by atoms with E-state index < -0.39 is 0 Å². The first kappa shape index (κ1) is 17.3. The number of hydrogen-bond donors (Lipinski definition) is 1. The monoisotopic (exact) mass is 358 g/mol. The molecule has 2 atom stereocenters. The summed E-state index contributed by atoms with van der Waals surface area (Å²) < 4.78 is 0. The van der Waals surface area contributed by atoms with Crippen molar-refractivity contribution in [3.8, 4) is 0 Å². The molecule has 1 aliphatic heterocycles. The van der Waals surface area contributed by atoms with Gasteiger partial charge in [-0.3, -0.25) is 9.59 Å². The zero-order valence-electron chi connectivity index (χ0n) is 15.3. The number of likely N-dealkylation sites (tertiary alicyclic amines) is 1. The van der Waals surface area contributed by atoms with Crippen LogP contribution < -0.4 is 5.32 Å². The van der Waals surface area contributed by atoms with Gasteiger partial charge in [0.25, 0.3) is 0 Å². The van der Waals surface area contributed by atoms with Crippen molar-refractivity contribution in [1.82, 2.24) is 4.90 Å². The number of carbonyl (C=O) groups excluding carboxylic acids is 2. The van der Waals surface area contributed by atoms with Gasteiger partial charge in [-0.1, -0.05) is 66.7 Å². The number of piperidine rings is 1. The first-order valence-electron chi connectivity index (χ1n) is 9.24. The fourth-order valence-corrected chi connectivity index (χ4v) is 3.98. The van der Waals surface area contributed by atoms with E-state index in [0.29, 0.717) is 12.8 Å². The summed E-state index contributed by atoms with van der Waals surface area (Å²) in [4.78, 5) is 27.2. The third-order valence-electron chi connectivity index (χ3n) is 5.39. The van der Waals surface area contributed by atoms with Crippen molar-refractivity contribution in [1.29, 1.82) is 0 Å². The van der Waals surface area contributed by atoms with Gasteiger partial charge in [0.1, 0.15) is 0 Å². The molecule has 1 heterocycles. The molecule has 3 aromatic carbocycles. The zero-order valence-corrected chi connectivity index (χ0v) is 15.3. The quantitative estimate of drug-likeness (QED) is 0.755. The highest BCUT2D eigenvalue weighted by atomic mass is 16.2. The molecule has 1 N–H and O–H groups in total. The van der Waals surface area contributed by atoms with Crippen molar-refractivity contribution in [3.63, 3.8) is 0 Å². The van der Waals surface area contributed by atoms with Crippen LogP contribution in [0, 0.1) is 5.92 Å². The summed E-state index contributed by atoms with van der Waals surface area (Å²) in [6.45, 7) is 0. The van der Waals surface area contributed by atoms with Crippen molar-refractivity contribution in [2.45, 2.75) is 18.9 Å². The molecule has 0 aliphatic carbocycles. The van der Waals surface area contributed by atoms with Crippen LogP contribution in [0.5, 0.6) is 0 Å². The molecule has 4 nitrogen and oxygen atoms in total. The second-order valence-corrected chi connectivity index (χ2v) is 7.02. The minimum Gasteiger partial charge on any atom is -0.338 e. The van der Waals surface area contributed by atoms with Gasteiger partial charge in [0.2, 0.25) is 11.8 Å². The first-order valence-corrected chi connectivity index (χ1v) is 9.24. The zero-order chi connectivity index (χ0) is 18.8. The molecule has 27 heavy (non-hydrogen) atoms. The van der Waals surface area contributed by atoms with Gasteiger partial charge in [0, 0.05) is 24.5 Å². The molecule has 1 saturated heterocycles. The summed E-state index contributed by atoms with van der Waals surface area (Å²) in [7, 11) is 1.79. The second-order valence-electron chi connectivity index (χ2n) is 7.02. The molecule has 136 valence electrons. The molecule has 0 aromatic heterocycles. The highest BCUT2D eigenvalue weighted by Crippen LogP contribution is 2.36. The van der Waals surface area contributed by atoms with Gasteiger partial charge in [-0.2, -0.15) is 0 Å². The summed E-state index contributed by atoms with van der Waals surface area (Å²) in [6, 6.07) is 23.5. The SMILES string of the molecule is CN1C(=O)CCC(C(=O)Nc2cccc3ccccc23)C1c1ccccc1. The maximum Gasteiger partial charge on any atom is 0.229 e. The van der Waals surface area contributed by atoms with Crippen LogP contribution in [0.15, 0.2) is 72.8 Å². The topological polar surface area (TPSA) is 49.4 Å². The number of hydrogen-bond acceptors (Lipinski definition) is 2. The van der Waals surface area contributed by atoms with E-state index in [1.807, 2.05) is 72.8 Å². The van der Waals surface area contributed by atoms with Gasteiger partial charge in [-0.15, -0.1) is 0 Å². The van der Waals surface area contributed by atoms with Gasteiger partial charge < -0.3 is 10.2 Å². The average Bonchev–Trinajstić information content (AvgIpc) is 2.71. The van der Waals surface area contributed by atoms with Crippen molar-refractivity contribution >= 4 is 28.3 Å². The lowest BCUT2D eigenvalue weighted by atomic mass is 9.84. The molecule has 0 radical (unpaired) electrons. The van der Waals surface area contributed by atoms with Crippen molar-refractivity contribution < 1.29 is 9.59 Å².